The molecule has 1 aliphatic rings. The molecule has 0 spiro atoms. The monoisotopic (exact) mass is 337 g/mol. The van der Waals surface area contributed by atoms with Gasteiger partial charge in [0.2, 0.25) is 5.91 Å². The second-order valence-electron chi connectivity index (χ2n) is 6.01. The Morgan fingerprint density at radius 2 is 1.96 bits per heavy atom. The first kappa shape index (κ1) is 16.5. The Morgan fingerprint density at radius 3 is 2.67 bits per heavy atom. The predicted molar refractivity (Wildman–Crippen MR) is 81.5 cm³/mol. The number of rotatable bonds is 3. The molecule has 1 fully saturated rings. The number of nitrogens with zero attached hydrogens (tertiary/aromatic N) is 3. The molecule has 0 radical (unpaired) electrons. The van der Waals surface area contributed by atoms with Gasteiger partial charge in [-0.05, 0) is 31.4 Å². The summed E-state index contributed by atoms with van der Waals surface area (Å²) in [5, 5.41) is 4.13. The number of hydrogen-bond acceptors (Lipinski definition) is 2. The average Bonchev–Trinajstić information content (AvgIpc) is 2.98. The van der Waals surface area contributed by atoms with Crippen LogP contribution >= 0.6 is 0 Å². The minimum Gasteiger partial charge on any atom is -0.334 e. The first-order valence-electron chi connectivity index (χ1n) is 7.88. The maximum absolute atomic E-state index is 13.8. The molecule has 1 saturated heterocycles. The zero-order valence-corrected chi connectivity index (χ0v) is 13.3. The molecule has 0 bridgehead atoms. The van der Waals surface area contributed by atoms with Gasteiger partial charge in [-0.25, -0.2) is 13.2 Å². The van der Waals surface area contributed by atoms with Gasteiger partial charge in [0.15, 0.2) is 11.6 Å². The summed E-state index contributed by atoms with van der Waals surface area (Å²) in [6.07, 6.45) is 4.02. The summed E-state index contributed by atoms with van der Waals surface area (Å²) in [6, 6.07) is 2.96. The van der Waals surface area contributed by atoms with E-state index in [1.165, 1.54) is 0 Å². The molecule has 4 nitrogen and oxygen atoms in total. The van der Waals surface area contributed by atoms with Crippen molar-refractivity contribution in [1.29, 1.82) is 0 Å². The van der Waals surface area contributed by atoms with Crippen LogP contribution in [-0.2, 0) is 18.3 Å². The van der Waals surface area contributed by atoms with E-state index in [2.05, 4.69) is 5.10 Å². The van der Waals surface area contributed by atoms with Crippen molar-refractivity contribution >= 4 is 5.91 Å². The SMILES string of the molecule is Cn1nccc1[C@@H]1CCCCN1C(=O)Cc1cc(F)c(F)cc1F. The lowest BCUT2D eigenvalue weighted by atomic mass is 9.98. The standard InChI is InChI=1S/C17H18F3N3O/c1-22-15(5-6-21-22)16-4-2-3-7-23(16)17(24)9-11-8-13(19)14(20)10-12(11)18/h5-6,8,10,16H,2-4,7,9H2,1H3/t16-/m0/s1. The average molecular weight is 337 g/mol. The number of piperidine rings is 1. The molecule has 24 heavy (non-hydrogen) atoms. The summed E-state index contributed by atoms with van der Waals surface area (Å²) < 4.78 is 41.9. The molecule has 0 unspecified atom stereocenters. The largest absolute Gasteiger partial charge is 0.334 e. The summed E-state index contributed by atoms with van der Waals surface area (Å²) in [5.41, 5.74) is 0.780. The van der Waals surface area contributed by atoms with Gasteiger partial charge in [0.1, 0.15) is 5.82 Å². The van der Waals surface area contributed by atoms with Gasteiger partial charge in [-0.15, -0.1) is 0 Å². The lowest BCUT2D eigenvalue weighted by Gasteiger charge is -2.36. The summed E-state index contributed by atoms with van der Waals surface area (Å²) in [5.74, 6) is -3.61. The second kappa shape index (κ2) is 6.67. The van der Waals surface area contributed by atoms with Gasteiger partial charge in [0.25, 0.3) is 0 Å². The van der Waals surface area contributed by atoms with Gasteiger partial charge in [0, 0.05) is 31.4 Å². The van der Waals surface area contributed by atoms with Crippen molar-refractivity contribution in [3.63, 3.8) is 0 Å². The highest BCUT2D eigenvalue weighted by atomic mass is 19.2. The van der Waals surface area contributed by atoms with Crippen molar-refractivity contribution in [2.45, 2.75) is 31.7 Å². The van der Waals surface area contributed by atoms with E-state index in [0.29, 0.717) is 12.6 Å². The van der Waals surface area contributed by atoms with E-state index >= 15 is 0 Å². The quantitative estimate of drug-likeness (QED) is 0.807. The molecule has 1 aliphatic heterocycles. The molecule has 128 valence electrons. The molecule has 3 rings (SSSR count). The number of aryl methyl sites for hydroxylation is 1. The molecule has 0 saturated carbocycles. The highest BCUT2D eigenvalue weighted by Crippen LogP contribution is 2.31. The summed E-state index contributed by atoms with van der Waals surface area (Å²) >= 11 is 0. The molecular formula is C17H18F3N3O. The first-order chi connectivity index (χ1) is 11.5. The van der Waals surface area contributed by atoms with Crippen LogP contribution in [0.4, 0.5) is 13.2 Å². The van der Waals surface area contributed by atoms with Gasteiger partial charge in [-0.2, -0.15) is 5.10 Å². The Balaban J connectivity index is 1.82. The van der Waals surface area contributed by atoms with Crippen LogP contribution in [0.5, 0.6) is 0 Å². The van der Waals surface area contributed by atoms with Crippen LogP contribution in [0.3, 0.4) is 0 Å². The summed E-state index contributed by atoms with van der Waals surface area (Å²) in [6.45, 7) is 0.556. The van der Waals surface area contributed by atoms with Crippen LogP contribution in [0.25, 0.3) is 0 Å². The van der Waals surface area contributed by atoms with Crippen molar-refractivity contribution < 1.29 is 18.0 Å². The third kappa shape index (κ3) is 3.16. The molecule has 0 N–H and O–H groups in total. The van der Waals surface area contributed by atoms with E-state index in [9.17, 15) is 18.0 Å². The fraction of sp³-hybridized carbons (Fsp3) is 0.412. The zero-order valence-electron chi connectivity index (χ0n) is 13.3. The van der Waals surface area contributed by atoms with E-state index < -0.39 is 17.5 Å². The highest BCUT2D eigenvalue weighted by Gasteiger charge is 2.30. The number of benzene rings is 1. The number of amides is 1. The van der Waals surface area contributed by atoms with E-state index in [1.54, 1.807) is 15.8 Å². The van der Waals surface area contributed by atoms with Crippen LogP contribution < -0.4 is 0 Å². The molecule has 1 atom stereocenters. The molecule has 1 aromatic heterocycles. The van der Waals surface area contributed by atoms with Crippen LogP contribution in [-0.4, -0.2) is 27.1 Å². The predicted octanol–water partition coefficient (Wildman–Crippen LogP) is 3.13. The molecular weight excluding hydrogens is 319 g/mol. The number of halogens is 3. The Hall–Kier alpha value is -2.31. The van der Waals surface area contributed by atoms with E-state index in [0.717, 1.165) is 31.0 Å². The third-order valence-electron chi connectivity index (χ3n) is 4.45. The Kier molecular flexibility index (Phi) is 4.59. The molecule has 2 heterocycles. The van der Waals surface area contributed by atoms with E-state index in [1.807, 2.05) is 13.1 Å². The van der Waals surface area contributed by atoms with Crippen molar-refractivity contribution in [1.82, 2.24) is 14.7 Å². The smallest absolute Gasteiger partial charge is 0.227 e. The summed E-state index contributed by atoms with van der Waals surface area (Å²) in [4.78, 5) is 14.3. The Bertz CT molecular complexity index is 760. The first-order valence-corrected chi connectivity index (χ1v) is 7.88. The number of hydrogen-bond donors (Lipinski definition) is 0. The van der Waals surface area contributed by atoms with Crippen LogP contribution in [0, 0.1) is 17.5 Å². The van der Waals surface area contributed by atoms with Gasteiger partial charge in [-0.1, -0.05) is 0 Å². The molecule has 7 heteroatoms. The normalized spacial score (nSPS) is 18.0. The third-order valence-corrected chi connectivity index (χ3v) is 4.45. The lowest BCUT2D eigenvalue weighted by molar-refractivity contribution is -0.134. The van der Waals surface area contributed by atoms with Crippen LogP contribution in [0.1, 0.15) is 36.6 Å². The minimum atomic E-state index is -1.26. The molecule has 2 aromatic rings. The number of carbonyl (C=O) groups excluding carboxylic acids is 1. The number of carbonyl (C=O) groups is 1. The molecule has 1 amide bonds. The highest BCUT2D eigenvalue weighted by molar-refractivity contribution is 5.79. The van der Waals surface area contributed by atoms with Crippen molar-refractivity contribution in [2.24, 2.45) is 7.05 Å². The Morgan fingerprint density at radius 1 is 1.21 bits per heavy atom. The van der Waals surface area contributed by atoms with Crippen molar-refractivity contribution in [3.05, 3.63) is 53.1 Å². The maximum atomic E-state index is 13.8. The number of aromatic nitrogens is 2. The fourth-order valence-electron chi connectivity index (χ4n) is 3.21. The Labute approximate surface area is 137 Å². The van der Waals surface area contributed by atoms with E-state index in [-0.39, 0.29) is 23.9 Å². The van der Waals surface area contributed by atoms with Gasteiger partial charge < -0.3 is 4.90 Å². The topological polar surface area (TPSA) is 38.1 Å². The molecule has 0 aliphatic carbocycles. The van der Waals surface area contributed by atoms with Crippen LogP contribution in [0.15, 0.2) is 24.4 Å². The summed E-state index contributed by atoms with van der Waals surface area (Å²) in [7, 11) is 1.81. The molecule has 1 aromatic carbocycles. The van der Waals surface area contributed by atoms with E-state index in [4.69, 9.17) is 0 Å². The lowest BCUT2D eigenvalue weighted by Crippen LogP contribution is -2.40. The van der Waals surface area contributed by atoms with Crippen LogP contribution in [0.2, 0.25) is 0 Å². The van der Waals surface area contributed by atoms with Gasteiger partial charge in [0.05, 0.1) is 18.2 Å². The fourth-order valence-corrected chi connectivity index (χ4v) is 3.21. The van der Waals surface area contributed by atoms with Crippen molar-refractivity contribution in [2.75, 3.05) is 6.54 Å². The maximum Gasteiger partial charge on any atom is 0.227 e. The minimum absolute atomic E-state index is 0.131. The second-order valence-corrected chi connectivity index (χ2v) is 6.01. The van der Waals surface area contributed by atoms with Gasteiger partial charge >= 0.3 is 0 Å². The zero-order chi connectivity index (χ0) is 17.3. The van der Waals surface area contributed by atoms with Crippen molar-refractivity contribution in [3.8, 4) is 0 Å². The van der Waals surface area contributed by atoms with Gasteiger partial charge in [-0.3, -0.25) is 9.48 Å². The number of likely N-dealkylation sites (tertiary alicyclic amines) is 1.